The molecule has 1 amide bonds. The zero-order chi connectivity index (χ0) is 15.7. The maximum absolute atomic E-state index is 11.8. The van der Waals surface area contributed by atoms with Gasteiger partial charge in [0.25, 0.3) is 0 Å². The van der Waals surface area contributed by atoms with Gasteiger partial charge in [0.05, 0.1) is 0 Å². The quantitative estimate of drug-likeness (QED) is 0.650. The van der Waals surface area contributed by atoms with Gasteiger partial charge >= 0.3 is 0 Å². The predicted molar refractivity (Wildman–Crippen MR) is 86.6 cm³/mol. The molecule has 1 rings (SSSR count). The Morgan fingerprint density at radius 2 is 1.90 bits per heavy atom. The smallest absolute Gasteiger partial charge is 0.242 e. The van der Waals surface area contributed by atoms with Crippen LogP contribution in [-0.4, -0.2) is 35.0 Å². The summed E-state index contributed by atoms with van der Waals surface area (Å²) < 4.78 is 0. The number of aromatic nitrogens is 2. The van der Waals surface area contributed by atoms with Gasteiger partial charge in [0, 0.05) is 25.6 Å². The molecule has 118 valence electrons. The number of amides is 1. The number of rotatable bonds is 9. The summed E-state index contributed by atoms with van der Waals surface area (Å²) in [6.45, 7) is 9.43. The molecule has 3 N–H and O–H groups in total. The summed E-state index contributed by atoms with van der Waals surface area (Å²) in [4.78, 5) is 20.7. The second kappa shape index (κ2) is 9.15. The van der Waals surface area contributed by atoms with Crippen molar-refractivity contribution in [1.29, 1.82) is 0 Å². The van der Waals surface area contributed by atoms with Gasteiger partial charge in [-0.15, -0.1) is 0 Å². The number of nitrogens with zero attached hydrogens (tertiary/aromatic N) is 2. The summed E-state index contributed by atoms with van der Waals surface area (Å²) in [5, 5.41) is 9.20. The summed E-state index contributed by atoms with van der Waals surface area (Å²) in [6.07, 6.45) is 2.85. The fourth-order valence-electron chi connectivity index (χ4n) is 1.86. The molecule has 0 radical (unpaired) electrons. The summed E-state index contributed by atoms with van der Waals surface area (Å²) in [5.41, 5.74) is 0. The topological polar surface area (TPSA) is 78.9 Å². The molecule has 6 heteroatoms. The molecule has 1 unspecified atom stereocenters. The third-order valence-electron chi connectivity index (χ3n) is 2.91. The Bertz CT molecular complexity index is 450. The van der Waals surface area contributed by atoms with E-state index in [2.05, 4.69) is 39.8 Å². The van der Waals surface area contributed by atoms with Crippen molar-refractivity contribution in [3.8, 4) is 0 Å². The van der Waals surface area contributed by atoms with Crippen molar-refractivity contribution in [2.24, 2.45) is 0 Å². The Morgan fingerprint density at radius 3 is 2.52 bits per heavy atom. The lowest BCUT2D eigenvalue weighted by Crippen LogP contribution is -2.37. The monoisotopic (exact) mass is 293 g/mol. The van der Waals surface area contributed by atoms with Gasteiger partial charge in [-0.1, -0.05) is 13.8 Å². The third-order valence-corrected chi connectivity index (χ3v) is 2.91. The van der Waals surface area contributed by atoms with Crippen molar-refractivity contribution in [2.75, 3.05) is 23.7 Å². The van der Waals surface area contributed by atoms with Gasteiger partial charge in [0.1, 0.15) is 23.5 Å². The van der Waals surface area contributed by atoms with Gasteiger partial charge in [0.15, 0.2) is 0 Å². The van der Waals surface area contributed by atoms with Crippen LogP contribution in [0.4, 0.5) is 11.6 Å². The summed E-state index contributed by atoms with van der Waals surface area (Å²) >= 11 is 0. The highest BCUT2D eigenvalue weighted by Crippen LogP contribution is 2.13. The van der Waals surface area contributed by atoms with E-state index >= 15 is 0 Å². The minimum absolute atomic E-state index is 0.0313. The molecule has 0 aromatic carbocycles. The van der Waals surface area contributed by atoms with E-state index in [1.807, 2.05) is 19.9 Å². The average Bonchev–Trinajstić information content (AvgIpc) is 2.45. The van der Waals surface area contributed by atoms with E-state index in [4.69, 9.17) is 0 Å². The number of anilines is 2. The highest BCUT2D eigenvalue weighted by molar-refractivity contribution is 5.83. The van der Waals surface area contributed by atoms with Crippen molar-refractivity contribution in [1.82, 2.24) is 15.3 Å². The molecular formula is C15H27N5O. The Morgan fingerprint density at radius 1 is 1.19 bits per heavy atom. The van der Waals surface area contributed by atoms with Gasteiger partial charge in [0.2, 0.25) is 5.91 Å². The summed E-state index contributed by atoms with van der Waals surface area (Å²) in [6, 6.07) is 1.53. The first-order valence-corrected chi connectivity index (χ1v) is 7.76. The largest absolute Gasteiger partial charge is 0.370 e. The Balaban J connectivity index is 2.83. The number of likely N-dealkylation sites (N-methyl/N-ethyl adjacent to an activating group) is 1. The predicted octanol–water partition coefficient (Wildman–Crippen LogP) is 2.19. The van der Waals surface area contributed by atoms with Crippen LogP contribution in [-0.2, 0) is 11.2 Å². The van der Waals surface area contributed by atoms with Gasteiger partial charge < -0.3 is 16.0 Å². The van der Waals surface area contributed by atoms with Crippen LogP contribution in [0.5, 0.6) is 0 Å². The first-order valence-electron chi connectivity index (χ1n) is 7.76. The van der Waals surface area contributed by atoms with Gasteiger partial charge in [-0.2, -0.15) is 0 Å². The minimum Gasteiger partial charge on any atom is -0.370 e. The van der Waals surface area contributed by atoms with Crippen LogP contribution in [0, 0.1) is 0 Å². The van der Waals surface area contributed by atoms with Crippen LogP contribution in [0.2, 0.25) is 0 Å². The fourth-order valence-corrected chi connectivity index (χ4v) is 1.86. The molecule has 6 nitrogen and oxygen atoms in total. The van der Waals surface area contributed by atoms with Crippen molar-refractivity contribution in [3.63, 3.8) is 0 Å². The standard InChI is InChI=1S/C15H27N5O/c1-5-8-12-19-13(17-9-6-2)10-14(20-12)18-11(4)15(21)16-7-3/h10-11H,5-9H2,1-4H3,(H,16,21)(H2,17,18,19,20). The average molecular weight is 293 g/mol. The second-order valence-electron chi connectivity index (χ2n) is 4.99. The number of aryl methyl sites for hydroxylation is 1. The highest BCUT2D eigenvalue weighted by Gasteiger charge is 2.13. The molecule has 1 aromatic rings. The normalized spacial score (nSPS) is 11.8. The lowest BCUT2D eigenvalue weighted by Gasteiger charge is -2.15. The zero-order valence-electron chi connectivity index (χ0n) is 13.5. The molecule has 1 heterocycles. The molecule has 0 spiro atoms. The van der Waals surface area contributed by atoms with E-state index in [0.29, 0.717) is 12.4 Å². The minimum atomic E-state index is -0.326. The molecule has 0 fully saturated rings. The number of hydrogen-bond acceptors (Lipinski definition) is 5. The number of carbonyl (C=O) groups excluding carboxylic acids is 1. The van der Waals surface area contributed by atoms with E-state index in [0.717, 1.165) is 37.4 Å². The van der Waals surface area contributed by atoms with Crippen LogP contribution in [0.15, 0.2) is 6.07 Å². The lowest BCUT2D eigenvalue weighted by molar-refractivity contribution is -0.121. The molecular weight excluding hydrogens is 266 g/mol. The second-order valence-corrected chi connectivity index (χ2v) is 4.99. The molecule has 1 atom stereocenters. The molecule has 0 saturated carbocycles. The lowest BCUT2D eigenvalue weighted by atomic mass is 10.3. The van der Waals surface area contributed by atoms with Gasteiger partial charge in [-0.3, -0.25) is 4.79 Å². The number of carbonyl (C=O) groups is 1. The SMILES string of the molecule is CCCNc1cc(NC(C)C(=O)NCC)nc(CCC)n1. The summed E-state index contributed by atoms with van der Waals surface area (Å²) in [5.74, 6) is 2.26. The van der Waals surface area contributed by atoms with E-state index in [-0.39, 0.29) is 11.9 Å². The van der Waals surface area contributed by atoms with Gasteiger partial charge in [-0.25, -0.2) is 9.97 Å². The van der Waals surface area contributed by atoms with Crippen molar-refractivity contribution in [2.45, 2.75) is 53.0 Å². The van der Waals surface area contributed by atoms with Crippen LogP contribution in [0.1, 0.15) is 46.4 Å². The maximum atomic E-state index is 11.8. The van der Waals surface area contributed by atoms with Crippen molar-refractivity contribution >= 4 is 17.5 Å². The third kappa shape index (κ3) is 5.97. The highest BCUT2D eigenvalue weighted by atomic mass is 16.2. The van der Waals surface area contributed by atoms with Gasteiger partial charge in [-0.05, 0) is 26.7 Å². The summed E-state index contributed by atoms with van der Waals surface area (Å²) in [7, 11) is 0. The molecule has 0 bridgehead atoms. The Hall–Kier alpha value is -1.85. The van der Waals surface area contributed by atoms with Crippen LogP contribution in [0.25, 0.3) is 0 Å². The van der Waals surface area contributed by atoms with Crippen LogP contribution >= 0.6 is 0 Å². The first-order chi connectivity index (χ1) is 10.1. The van der Waals surface area contributed by atoms with E-state index in [9.17, 15) is 4.79 Å². The Kier molecular flexibility index (Phi) is 7.50. The zero-order valence-corrected chi connectivity index (χ0v) is 13.5. The van der Waals surface area contributed by atoms with E-state index in [1.54, 1.807) is 0 Å². The number of hydrogen-bond donors (Lipinski definition) is 3. The van der Waals surface area contributed by atoms with Crippen molar-refractivity contribution in [3.05, 3.63) is 11.9 Å². The molecule has 0 aliphatic carbocycles. The van der Waals surface area contributed by atoms with Crippen LogP contribution < -0.4 is 16.0 Å². The Labute approximate surface area is 127 Å². The molecule has 0 saturated heterocycles. The molecule has 0 aliphatic rings. The van der Waals surface area contributed by atoms with E-state index < -0.39 is 0 Å². The molecule has 21 heavy (non-hydrogen) atoms. The van der Waals surface area contributed by atoms with E-state index in [1.165, 1.54) is 0 Å². The maximum Gasteiger partial charge on any atom is 0.242 e. The number of nitrogens with one attached hydrogen (secondary N) is 3. The molecule has 0 aliphatic heterocycles. The fraction of sp³-hybridized carbons (Fsp3) is 0.667. The first kappa shape index (κ1) is 17.2. The molecule has 1 aromatic heterocycles. The van der Waals surface area contributed by atoms with Crippen molar-refractivity contribution < 1.29 is 4.79 Å². The van der Waals surface area contributed by atoms with Crippen LogP contribution in [0.3, 0.4) is 0 Å².